The highest BCUT2D eigenvalue weighted by Gasteiger charge is 2.34. The lowest BCUT2D eigenvalue weighted by molar-refractivity contribution is -0.141. The highest BCUT2D eigenvalue weighted by molar-refractivity contribution is 5.12. The van der Waals surface area contributed by atoms with Gasteiger partial charge in [0, 0.05) is 13.6 Å². The Hall–Kier alpha value is -1.08. The van der Waals surface area contributed by atoms with Gasteiger partial charge in [0.25, 0.3) is 0 Å². The van der Waals surface area contributed by atoms with E-state index in [-0.39, 0.29) is 0 Å². The first-order valence-corrected chi connectivity index (χ1v) is 5.76. The lowest BCUT2D eigenvalue weighted by Crippen LogP contribution is -2.21. The summed E-state index contributed by atoms with van der Waals surface area (Å²) in [7, 11) is 5.49. The first-order chi connectivity index (χ1) is 8.30. The Labute approximate surface area is 105 Å². The van der Waals surface area contributed by atoms with Crippen LogP contribution in [0.15, 0.2) is 6.07 Å². The summed E-state index contributed by atoms with van der Waals surface area (Å²) >= 11 is 0. The van der Waals surface area contributed by atoms with Crippen LogP contribution in [0.25, 0.3) is 0 Å². The van der Waals surface area contributed by atoms with E-state index in [4.69, 9.17) is 0 Å². The number of rotatable bonds is 6. The van der Waals surface area contributed by atoms with E-state index in [0.717, 1.165) is 25.6 Å². The van der Waals surface area contributed by atoms with E-state index in [9.17, 15) is 13.2 Å². The molecule has 1 N–H and O–H groups in total. The van der Waals surface area contributed by atoms with Gasteiger partial charge in [-0.1, -0.05) is 0 Å². The maximum atomic E-state index is 12.4. The molecule has 0 amide bonds. The van der Waals surface area contributed by atoms with Crippen molar-refractivity contribution in [1.82, 2.24) is 20.0 Å². The Bertz CT molecular complexity index is 371. The second-order valence-electron chi connectivity index (χ2n) is 4.48. The average molecular weight is 264 g/mol. The number of aromatic nitrogens is 2. The molecule has 104 valence electrons. The highest BCUT2D eigenvalue weighted by Crippen LogP contribution is 2.28. The number of alkyl halides is 3. The smallest absolute Gasteiger partial charge is 0.311 e. The highest BCUT2D eigenvalue weighted by atomic mass is 19.4. The number of aryl methyl sites for hydroxylation is 1. The molecule has 1 heterocycles. The van der Waals surface area contributed by atoms with Crippen LogP contribution in [0.4, 0.5) is 13.2 Å². The third kappa shape index (κ3) is 4.66. The quantitative estimate of drug-likeness (QED) is 0.790. The van der Waals surface area contributed by atoms with Crippen molar-refractivity contribution in [3.05, 3.63) is 17.5 Å². The third-order valence-electron chi connectivity index (χ3n) is 2.53. The van der Waals surface area contributed by atoms with Gasteiger partial charge < -0.3 is 10.2 Å². The van der Waals surface area contributed by atoms with Gasteiger partial charge in [-0.3, -0.25) is 4.68 Å². The van der Waals surface area contributed by atoms with Gasteiger partial charge in [-0.05, 0) is 39.7 Å². The zero-order valence-electron chi connectivity index (χ0n) is 10.9. The second kappa shape index (κ2) is 6.19. The Morgan fingerprint density at radius 2 is 2.06 bits per heavy atom. The minimum absolute atomic E-state index is 0.396. The molecule has 0 radical (unpaired) electrons. The number of nitrogens with one attached hydrogen (secondary N) is 1. The largest absolute Gasteiger partial charge is 0.435 e. The van der Waals surface area contributed by atoms with Crippen LogP contribution >= 0.6 is 0 Å². The molecule has 18 heavy (non-hydrogen) atoms. The van der Waals surface area contributed by atoms with E-state index < -0.39 is 11.9 Å². The maximum Gasteiger partial charge on any atom is 0.435 e. The fraction of sp³-hybridized carbons (Fsp3) is 0.727. The summed E-state index contributed by atoms with van der Waals surface area (Å²) in [6.45, 7) is 2.11. The number of hydrogen-bond acceptors (Lipinski definition) is 3. The molecule has 1 rings (SSSR count). The Morgan fingerprint density at radius 1 is 1.39 bits per heavy atom. The summed E-state index contributed by atoms with van der Waals surface area (Å²) < 4.78 is 38.5. The Morgan fingerprint density at radius 3 is 2.56 bits per heavy atom. The molecule has 0 aliphatic carbocycles. The number of halogens is 3. The molecule has 1 aromatic rings. The molecule has 0 fully saturated rings. The van der Waals surface area contributed by atoms with Gasteiger partial charge in [0.1, 0.15) is 0 Å². The van der Waals surface area contributed by atoms with E-state index in [1.165, 1.54) is 11.7 Å². The number of nitrogens with zero attached hydrogens (tertiary/aromatic N) is 3. The van der Waals surface area contributed by atoms with Crippen molar-refractivity contribution in [1.29, 1.82) is 0 Å². The summed E-state index contributed by atoms with van der Waals surface area (Å²) in [4.78, 5) is 2.06. The van der Waals surface area contributed by atoms with Crippen molar-refractivity contribution in [2.75, 3.05) is 27.2 Å². The molecule has 0 spiro atoms. The molecule has 1 aromatic heterocycles. The van der Waals surface area contributed by atoms with E-state index in [1.54, 1.807) is 0 Å². The molecular formula is C11H19F3N4. The molecule has 7 heteroatoms. The summed E-state index contributed by atoms with van der Waals surface area (Å²) in [5.74, 6) is 0. The van der Waals surface area contributed by atoms with Crippen LogP contribution in [-0.4, -0.2) is 41.9 Å². The van der Waals surface area contributed by atoms with Gasteiger partial charge in [-0.25, -0.2) is 0 Å². The van der Waals surface area contributed by atoms with E-state index >= 15 is 0 Å². The van der Waals surface area contributed by atoms with Crippen molar-refractivity contribution < 1.29 is 13.2 Å². The molecule has 0 aliphatic rings. The van der Waals surface area contributed by atoms with E-state index in [0.29, 0.717) is 12.2 Å². The molecule has 0 bridgehead atoms. The molecule has 4 nitrogen and oxygen atoms in total. The predicted molar refractivity (Wildman–Crippen MR) is 63.1 cm³/mol. The molecule has 0 unspecified atom stereocenters. The van der Waals surface area contributed by atoms with E-state index in [2.05, 4.69) is 15.3 Å². The molecular weight excluding hydrogens is 245 g/mol. The first-order valence-electron chi connectivity index (χ1n) is 5.76. The standard InChI is InChI=1S/C11H19F3N4/c1-17(2)6-4-5-15-8-9-7-10(11(12,13)14)16-18(9)3/h7,15H,4-6,8H2,1-3H3. The monoisotopic (exact) mass is 264 g/mol. The third-order valence-corrected chi connectivity index (χ3v) is 2.53. The zero-order chi connectivity index (χ0) is 13.8. The van der Waals surface area contributed by atoms with Gasteiger partial charge >= 0.3 is 6.18 Å². The lowest BCUT2D eigenvalue weighted by Gasteiger charge is -2.09. The molecule has 0 aliphatic heterocycles. The summed E-state index contributed by atoms with van der Waals surface area (Å²) in [5.41, 5.74) is -0.303. The summed E-state index contributed by atoms with van der Waals surface area (Å²) in [6, 6.07) is 1.08. The van der Waals surface area contributed by atoms with Gasteiger partial charge in [0.05, 0.1) is 5.69 Å². The van der Waals surface area contributed by atoms with Gasteiger partial charge in [-0.15, -0.1) is 0 Å². The molecule has 0 saturated heterocycles. The van der Waals surface area contributed by atoms with Gasteiger partial charge in [0.2, 0.25) is 0 Å². The predicted octanol–water partition coefficient (Wildman–Crippen LogP) is 1.48. The van der Waals surface area contributed by atoms with Crippen LogP contribution in [-0.2, 0) is 19.8 Å². The minimum atomic E-state index is -4.37. The first kappa shape index (κ1) is 15.0. The summed E-state index contributed by atoms with van der Waals surface area (Å²) in [6.07, 6.45) is -3.42. The molecule has 0 aromatic carbocycles. The topological polar surface area (TPSA) is 33.1 Å². The Kier molecular flexibility index (Phi) is 5.15. The Balaban J connectivity index is 2.41. The van der Waals surface area contributed by atoms with E-state index in [1.807, 2.05) is 14.1 Å². The van der Waals surface area contributed by atoms with Gasteiger partial charge in [0.15, 0.2) is 5.69 Å². The number of hydrogen-bond donors (Lipinski definition) is 1. The molecule has 0 atom stereocenters. The van der Waals surface area contributed by atoms with Crippen molar-refractivity contribution in [2.24, 2.45) is 7.05 Å². The SMILES string of the molecule is CN(C)CCCNCc1cc(C(F)(F)F)nn1C. The van der Waals surface area contributed by atoms with Crippen LogP contribution < -0.4 is 5.32 Å². The van der Waals surface area contributed by atoms with Crippen molar-refractivity contribution in [2.45, 2.75) is 19.1 Å². The zero-order valence-corrected chi connectivity index (χ0v) is 10.9. The summed E-state index contributed by atoms with van der Waals surface area (Å²) in [5, 5.41) is 6.56. The van der Waals surface area contributed by atoms with Crippen molar-refractivity contribution in [3.63, 3.8) is 0 Å². The normalized spacial score (nSPS) is 12.4. The maximum absolute atomic E-state index is 12.4. The van der Waals surface area contributed by atoms with Crippen LogP contribution in [0.2, 0.25) is 0 Å². The molecule has 0 saturated carbocycles. The van der Waals surface area contributed by atoms with Crippen LogP contribution in [0.3, 0.4) is 0 Å². The average Bonchev–Trinajstić information content (AvgIpc) is 2.59. The fourth-order valence-corrected chi connectivity index (χ4v) is 1.55. The van der Waals surface area contributed by atoms with Crippen molar-refractivity contribution in [3.8, 4) is 0 Å². The fourth-order valence-electron chi connectivity index (χ4n) is 1.55. The minimum Gasteiger partial charge on any atom is -0.311 e. The van der Waals surface area contributed by atoms with Gasteiger partial charge in [-0.2, -0.15) is 18.3 Å². The van der Waals surface area contributed by atoms with Crippen LogP contribution in [0, 0.1) is 0 Å². The van der Waals surface area contributed by atoms with Crippen molar-refractivity contribution >= 4 is 0 Å². The van der Waals surface area contributed by atoms with Crippen LogP contribution in [0.5, 0.6) is 0 Å². The second-order valence-corrected chi connectivity index (χ2v) is 4.48. The lowest BCUT2D eigenvalue weighted by atomic mass is 10.3. The van der Waals surface area contributed by atoms with Crippen LogP contribution in [0.1, 0.15) is 17.8 Å².